The van der Waals surface area contributed by atoms with E-state index in [4.69, 9.17) is 23.2 Å². The van der Waals surface area contributed by atoms with Crippen molar-refractivity contribution in [3.63, 3.8) is 0 Å². The molecule has 0 aliphatic heterocycles. The van der Waals surface area contributed by atoms with Crippen molar-refractivity contribution in [2.75, 3.05) is 0 Å². The van der Waals surface area contributed by atoms with E-state index in [1.807, 2.05) is 6.92 Å². The van der Waals surface area contributed by atoms with Crippen LogP contribution in [-0.2, 0) is 12.4 Å². The molecule has 1 aromatic heterocycles. The van der Waals surface area contributed by atoms with E-state index in [0.717, 1.165) is 12.2 Å². The van der Waals surface area contributed by atoms with Gasteiger partial charge < -0.3 is 0 Å². The molecule has 1 aromatic rings. The standard InChI is InChI=1S/C6H8Cl2N2/c1-2-10-6(8)3-5(4-7)9-10/h3H,2,4H2,1H3. The second kappa shape index (κ2) is 3.26. The van der Waals surface area contributed by atoms with Crippen LogP contribution in [0.5, 0.6) is 0 Å². The Morgan fingerprint density at radius 2 is 2.40 bits per heavy atom. The van der Waals surface area contributed by atoms with Gasteiger partial charge in [-0.1, -0.05) is 11.6 Å². The number of hydrogen-bond acceptors (Lipinski definition) is 1. The zero-order valence-corrected chi connectivity index (χ0v) is 7.15. The van der Waals surface area contributed by atoms with Crippen molar-refractivity contribution >= 4 is 23.2 Å². The largest absolute Gasteiger partial charge is 0.254 e. The van der Waals surface area contributed by atoms with Crippen LogP contribution in [0.2, 0.25) is 5.15 Å². The Hall–Kier alpha value is -0.210. The summed E-state index contributed by atoms with van der Waals surface area (Å²) in [6.07, 6.45) is 0. The Balaban J connectivity index is 2.92. The van der Waals surface area contributed by atoms with Crippen molar-refractivity contribution in [1.29, 1.82) is 0 Å². The Bertz CT molecular complexity index is 220. The Morgan fingerprint density at radius 1 is 1.70 bits per heavy atom. The molecule has 0 aromatic carbocycles. The van der Waals surface area contributed by atoms with E-state index in [1.165, 1.54) is 0 Å². The monoisotopic (exact) mass is 178 g/mol. The maximum absolute atomic E-state index is 5.77. The van der Waals surface area contributed by atoms with Crippen molar-refractivity contribution in [2.24, 2.45) is 0 Å². The SMILES string of the molecule is CCn1nc(CCl)cc1Cl. The number of halogens is 2. The van der Waals surface area contributed by atoms with Gasteiger partial charge in [0.2, 0.25) is 0 Å². The first kappa shape index (κ1) is 7.89. The zero-order valence-electron chi connectivity index (χ0n) is 5.64. The minimum Gasteiger partial charge on any atom is -0.254 e. The maximum Gasteiger partial charge on any atom is 0.127 e. The van der Waals surface area contributed by atoms with E-state index in [1.54, 1.807) is 10.7 Å². The fraction of sp³-hybridized carbons (Fsp3) is 0.500. The summed E-state index contributed by atoms with van der Waals surface area (Å²) >= 11 is 11.3. The molecule has 1 heterocycles. The van der Waals surface area contributed by atoms with Crippen LogP contribution in [0.15, 0.2) is 6.07 Å². The van der Waals surface area contributed by atoms with Crippen LogP contribution < -0.4 is 0 Å². The third-order valence-corrected chi connectivity index (χ3v) is 1.80. The lowest BCUT2D eigenvalue weighted by molar-refractivity contribution is 0.653. The van der Waals surface area contributed by atoms with E-state index in [-0.39, 0.29) is 0 Å². The predicted molar refractivity (Wildman–Crippen MR) is 42.5 cm³/mol. The molecule has 0 radical (unpaired) electrons. The van der Waals surface area contributed by atoms with Gasteiger partial charge in [0.1, 0.15) is 5.15 Å². The number of alkyl halides is 1. The van der Waals surface area contributed by atoms with E-state index < -0.39 is 0 Å². The highest BCUT2D eigenvalue weighted by atomic mass is 35.5. The van der Waals surface area contributed by atoms with Crippen LogP contribution in [0.3, 0.4) is 0 Å². The molecule has 0 aliphatic carbocycles. The quantitative estimate of drug-likeness (QED) is 0.637. The number of aryl methyl sites for hydroxylation is 1. The van der Waals surface area contributed by atoms with Gasteiger partial charge in [0.15, 0.2) is 0 Å². The van der Waals surface area contributed by atoms with Crippen molar-refractivity contribution in [3.05, 3.63) is 16.9 Å². The molecule has 0 aliphatic rings. The molecule has 0 fully saturated rings. The minimum atomic E-state index is 0.423. The molecule has 0 unspecified atom stereocenters. The van der Waals surface area contributed by atoms with E-state index in [2.05, 4.69) is 5.10 Å². The van der Waals surface area contributed by atoms with Crippen LogP contribution >= 0.6 is 23.2 Å². The molecule has 0 atom stereocenters. The minimum absolute atomic E-state index is 0.423. The average Bonchev–Trinajstić information content (AvgIpc) is 2.30. The van der Waals surface area contributed by atoms with Crippen molar-refractivity contribution in [1.82, 2.24) is 9.78 Å². The molecule has 4 heteroatoms. The van der Waals surface area contributed by atoms with Crippen LogP contribution in [0.25, 0.3) is 0 Å². The summed E-state index contributed by atoms with van der Waals surface area (Å²) in [5, 5.41) is 4.75. The normalized spacial score (nSPS) is 10.3. The molecule has 0 spiro atoms. The molecule has 0 N–H and O–H groups in total. The Kier molecular flexibility index (Phi) is 2.57. The lowest BCUT2D eigenvalue weighted by Crippen LogP contribution is -1.96. The predicted octanol–water partition coefficient (Wildman–Crippen LogP) is 2.30. The summed E-state index contributed by atoms with van der Waals surface area (Å²) < 4.78 is 1.71. The molecule has 0 amide bonds. The number of aromatic nitrogens is 2. The van der Waals surface area contributed by atoms with Crippen molar-refractivity contribution in [3.8, 4) is 0 Å². The van der Waals surface area contributed by atoms with Gasteiger partial charge in [-0.2, -0.15) is 5.10 Å². The summed E-state index contributed by atoms with van der Waals surface area (Å²) in [4.78, 5) is 0. The van der Waals surface area contributed by atoms with Crippen LogP contribution in [0.1, 0.15) is 12.6 Å². The van der Waals surface area contributed by atoms with Crippen molar-refractivity contribution < 1.29 is 0 Å². The molecule has 56 valence electrons. The van der Waals surface area contributed by atoms with Gasteiger partial charge in [-0.25, -0.2) is 0 Å². The maximum atomic E-state index is 5.77. The third kappa shape index (κ3) is 1.44. The summed E-state index contributed by atoms with van der Waals surface area (Å²) in [5.74, 6) is 0.423. The number of nitrogens with zero attached hydrogens (tertiary/aromatic N) is 2. The van der Waals surface area contributed by atoms with Gasteiger partial charge in [0, 0.05) is 6.54 Å². The molecule has 1 rings (SSSR count). The fourth-order valence-electron chi connectivity index (χ4n) is 0.731. The highest BCUT2D eigenvalue weighted by Crippen LogP contribution is 2.11. The number of rotatable bonds is 2. The van der Waals surface area contributed by atoms with Gasteiger partial charge in [-0.15, -0.1) is 11.6 Å². The lowest BCUT2D eigenvalue weighted by atomic mass is 10.5. The van der Waals surface area contributed by atoms with E-state index in [9.17, 15) is 0 Å². The smallest absolute Gasteiger partial charge is 0.127 e. The van der Waals surface area contributed by atoms with Crippen LogP contribution in [-0.4, -0.2) is 9.78 Å². The summed E-state index contributed by atoms with van der Waals surface area (Å²) in [6.45, 7) is 2.77. The zero-order chi connectivity index (χ0) is 7.56. The molecule has 0 saturated carbocycles. The van der Waals surface area contributed by atoms with E-state index >= 15 is 0 Å². The van der Waals surface area contributed by atoms with Gasteiger partial charge in [-0.05, 0) is 13.0 Å². The molecule has 0 bridgehead atoms. The lowest BCUT2D eigenvalue weighted by Gasteiger charge is -1.93. The first-order chi connectivity index (χ1) is 4.77. The van der Waals surface area contributed by atoms with Gasteiger partial charge in [-0.3, -0.25) is 4.68 Å². The Morgan fingerprint density at radius 3 is 2.70 bits per heavy atom. The fourth-order valence-corrected chi connectivity index (χ4v) is 1.14. The molecule has 0 saturated heterocycles. The molecule has 10 heavy (non-hydrogen) atoms. The van der Waals surface area contributed by atoms with Crippen LogP contribution in [0, 0.1) is 0 Å². The highest BCUT2D eigenvalue weighted by Gasteiger charge is 2.01. The third-order valence-electron chi connectivity index (χ3n) is 1.22. The number of hydrogen-bond donors (Lipinski definition) is 0. The van der Waals surface area contributed by atoms with Crippen molar-refractivity contribution in [2.45, 2.75) is 19.3 Å². The molecular formula is C6H8Cl2N2. The van der Waals surface area contributed by atoms with Crippen LogP contribution in [0.4, 0.5) is 0 Å². The second-order valence-corrected chi connectivity index (χ2v) is 2.56. The second-order valence-electron chi connectivity index (χ2n) is 1.91. The molecular weight excluding hydrogens is 171 g/mol. The highest BCUT2D eigenvalue weighted by molar-refractivity contribution is 6.29. The summed E-state index contributed by atoms with van der Waals surface area (Å²) in [6, 6.07) is 1.78. The average molecular weight is 179 g/mol. The topological polar surface area (TPSA) is 17.8 Å². The Labute approximate surface area is 69.7 Å². The first-order valence-electron chi connectivity index (χ1n) is 3.06. The van der Waals surface area contributed by atoms with Gasteiger partial charge in [0.25, 0.3) is 0 Å². The van der Waals surface area contributed by atoms with E-state index in [0.29, 0.717) is 11.0 Å². The summed E-state index contributed by atoms with van der Waals surface area (Å²) in [5.41, 5.74) is 0.827. The van der Waals surface area contributed by atoms with Gasteiger partial charge >= 0.3 is 0 Å². The first-order valence-corrected chi connectivity index (χ1v) is 3.97. The molecule has 2 nitrogen and oxygen atoms in total. The van der Waals surface area contributed by atoms with Gasteiger partial charge in [0.05, 0.1) is 11.6 Å². The summed E-state index contributed by atoms with van der Waals surface area (Å²) in [7, 11) is 0.